The molecule has 1 aliphatic heterocycles. The molecule has 0 saturated carbocycles. The Morgan fingerprint density at radius 1 is 1.57 bits per heavy atom. The highest BCUT2D eigenvalue weighted by atomic mass is 79.9. The van der Waals surface area contributed by atoms with Crippen molar-refractivity contribution in [3.8, 4) is 0 Å². The van der Waals surface area contributed by atoms with Gasteiger partial charge in [-0.15, -0.1) is 0 Å². The van der Waals surface area contributed by atoms with Crippen LogP contribution in [-0.4, -0.2) is 53.9 Å². The molecule has 0 bridgehead atoms. The van der Waals surface area contributed by atoms with E-state index in [1.807, 2.05) is 11.8 Å². The summed E-state index contributed by atoms with van der Waals surface area (Å²) in [7, 11) is 1.43. The summed E-state index contributed by atoms with van der Waals surface area (Å²) in [5.74, 6) is 2.23. The number of halogens is 1. The highest BCUT2D eigenvalue weighted by Crippen LogP contribution is 2.12. The van der Waals surface area contributed by atoms with Crippen molar-refractivity contribution in [1.29, 1.82) is 0 Å². The lowest BCUT2D eigenvalue weighted by atomic mass is 10.3. The molecule has 3 nitrogen and oxygen atoms in total. The first-order valence-corrected chi connectivity index (χ1v) is 6.83. The standard InChI is InChI=1S/C9H16BrNO2S/c1-13-9(12)8(10)7-11-3-2-5-14-6-4-11/h8H,2-7H2,1H3. The number of nitrogens with zero attached hydrogens (tertiary/aromatic N) is 1. The average Bonchev–Trinajstić information content (AvgIpc) is 2.45. The van der Waals surface area contributed by atoms with Crippen LogP contribution in [0, 0.1) is 0 Å². The van der Waals surface area contributed by atoms with E-state index in [4.69, 9.17) is 0 Å². The number of carbonyl (C=O) groups excluding carboxylic acids is 1. The molecule has 0 amide bonds. The third kappa shape index (κ3) is 4.19. The third-order valence-electron chi connectivity index (χ3n) is 2.19. The van der Waals surface area contributed by atoms with Crippen molar-refractivity contribution in [3.05, 3.63) is 0 Å². The minimum atomic E-state index is -0.185. The van der Waals surface area contributed by atoms with E-state index in [2.05, 4.69) is 25.6 Å². The molecule has 14 heavy (non-hydrogen) atoms. The number of thioether (sulfide) groups is 1. The largest absolute Gasteiger partial charge is 0.468 e. The molecular weight excluding hydrogens is 266 g/mol. The molecule has 1 aliphatic rings. The molecule has 0 spiro atoms. The van der Waals surface area contributed by atoms with Gasteiger partial charge in [-0.3, -0.25) is 4.79 Å². The first-order valence-electron chi connectivity index (χ1n) is 4.76. The minimum absolute atomic E-state index is 0.179. The van der Waals surface area contributed by atoms with Gasteiger partial charge in [0.15, 0.2) is 0 Å². The van der Waals surface area contributed by atoms with E-state index in [9.17, 15) is 4.79 Å². The Hall–Kier alpha value is 0.260. The van der Waals surface area contributed by atoms with Crippen LogP contribution in [0.1, 0.15) is 6.42 Å². The maximum atomic E-state index is 11.2. The Kier molecular flexibility index (Phi) is 5.89. The van der Waals surface area contributed by atoms with Crippen molar-refractivity contribution in [1.82, 2.24) is 4.90 Å². The maximum absolute atomic E-state index is 11.2. The summed E-state index contributed by atoms with van der Waals surface area (Å²) in [4.78, 5) is 13.3. The van der Waals surface area contributed by atoms with Crippen molar-refractivity contribution in [2.75, 3.05) is 38.2 Å². The van der Waals surface area contributed by atoms with Crippen LogP contribution in [0.25, 0.3) is 0 Å². The van der Waals surface area contributed by atoms with Crippen LogP contribution < -0.4 is 0 Å². The molecule has 0 aromatic heterocycles. The fourth-order valence-electron chi connectivity index (χ4n) is 1.41. The summed E-state index contributed by atoms with van der Waals surface area (Å²) < 4.78 is 4.67. The fraction of sp³-hybridized carbons (Fsp3) is 0.889. The zero-order valence-corrected chi connectivity index (χ0v) is 10.8. The topological polar surface area (TPSA) is 29.5 Å². The van der Waals surface area contributed by atoms with Gasteiger partial charge >= 0.3 is 5.97 Å². The van der Waals surface area contributed by atoms with E-state index in [0.29, 0.717) is 0 Å². The molecule has 0 aromatic rings. The monoisotopic (exact) mass is 281 g/mol. The lowest BCUT2D eigenvalue weighted by molar-refractivity contribution is -0.140. The summed E-state index contributed by atoms with van der Waals surface area (Å²) in [6, 6.07) is 0. The number of carbonyl (C=O) groups is 1. The molecule has 1 heterocycles. The van der Waals surface area contributed by atoms with Crippen LogP contribution in [0.5, 0.6) is 0 Å². The van der Waals surface area contributed by atoms with Gasteiger partial charge in [-0.2, -0.15) is 11.8 Å². The van der Waals surface area contributed by atoms with Crippen molar-refractivity contribution >= 4 is 33.7 Å². The zero-order chi connectivity index (χ0) is 10.4. The smallest absolute Gasteiger partial charge is 0.320 e. The van der Waals surface area contributed by atoms with Gasteiger partial charge in [-0.25, -0.2) is 0 Å². The summed E-state index contributed by atoms with van der Waals surface area (Å²) in [5, 5.41) is 0. The highest BCUT2D eigenvalue weighted by Gasteiger charge is 2.19. The first-order chi connectivity index (χ1) is 6.74. The Bertz CT molecular complexity index is 184. The van der Waals surface area contributed by atoms with E-state index in [1.165, 1.54) is 25.0 Å². The molecular formula is C9H16BrNO2S. The molecule has 1 rings (SSSR count). The third-order valence-corrected chi connectivity index (χ3v) is 3.90. The molecule has 1 atom stereocenters. The van der Waals surface area contributed by atoms with E-state index < -0.39 is 0 Å². The van der Waals surface area contributed by atoms with E-state index in [-0.39, 0.29) is 10.8 Å². The number of hydrogen-bond acceptors (Lipinski definition) is 4. The van der Waals surface area contributed by atoms with Crippen molar-refractivity contribution < 1.29 is 9.53 Å². The lowest BCUT2D eigenvalue weighted by Crippen LogP contribution is -2.35. The number of alkyl halides is 1. The van der Waals surface area contributed by atoms with Gasteiger partial charge in [0.25, 0.3) is 0 Å². The SMILES string of the molecule is COC(=O)C(Br)CN1CCCSCC1. The second-order valence-electron chi connectivity index (χ2n) is 3.26. The normalized spacial score (nSPS) is 21.3. The van der Waals surface area contributed by atoms with Gasteiger partial charge in [0.05, 0.1) is 7.11 Å². The first kappa shape index (κ1) is 12.3. The van der Waals surface area contributed by atoms with Crippen LogP contribution >= 0.6 is 27.7 Å². The fourth-order valence-corrected chi connectivity index (χ4v) is 2.93. The van der Waals surface area contributed by atoms with Gasteiger partial charge in [-0.05, 0) is 18.7 Å². The number of rotatable bonds is 3. The quantitative estimate of drug-likeness (QED) is 0.577. The molecule has 0 radical (unpaired) electrons. The molecule has 1 fully saturated rings. The van der Waals surface area contributed by atoms with Crippen molar-refractivity contribution in [3.63, 3.8) is 0 Å². The van der Waals surface area contributed by atoms with Crippen LogP contribution in [0.4, 0.5) is 0 Å². The predicted octanol–water partition coefficient (Wildman–Crippen LogP) is 1.36. The summed E-state index contributed by atoms with van der Waals surface area (Å²) in [6.45, 7) is 2.92. The second-order valence-corrected chi connectivity index (χ2v) is 5.59. The minimum Gasteiger partial charge on any atom is -0.468 e. The molecule has 1 saturated heterocycles. The van der Waals surface area contributed by atoms with Gasteiger partial charge < -0.3 is 9.64 Å². The average molecular weight is 282 g/mol. The van der Waals surface area contributed by atoms with E-state index >= 15 is 0 Å². The second kappa shape index (κ2) is 6.69. The highest BCUT2D eigenvalue weighted by molar-refractivity contribution is 9.10. The Balaban J connectivity index is 2.30. The Morgan fingerprint density at radius 2 is 2.36 bits per heavy atom. The van der Waals surface area contributed by atoms with Gasteiger partial charge in [0, 0.05) is 18.8 Å². The van der Waals surface area contributed by atoms with Crippen LogP contribution in [0.3, 0.4) is 0 Å². The summed E-state index contributed by atoms with van der Waals surface area (Å²) >= 11 is 5.33. The predicted molar refractivity (Wildman–Crippen MR) is 63.1 cm³/mol. The molecule has 0 aliphatic carbocycles. The number of ether oxygens (including phenoxy) is 1. The van der Waals surface area contributed by atoms with Gasteiger partial charge in [0.1, 0.15) is 4.83 Å². The van der Waals surface area contributed by atoms with E-state index in [0.717, 1.165) is 19.6 Å². The number of esters is 1. The summed E-state index contributed by atoms with van der Waals surface area (Å²) in [5.41, 5.74) is 0. The lowest BCUT2D eigenvalue weighted by Gasteiger charge is -2.21. The summed E-state index contributed by atoms with van der Waals surface area (Å²) in [6.07, 6.45) is 1.21. The van der Waals surface area contributed by atoms with Crippen molar-refractivity contribution in [2.24, 2.45) is 0 Å². The van der Waals surface area contributed by atoms with Crippen molar-refractivity contribution in [2.45, 2.75) is 11.2 Å². The van der Waals surface area contributed by atoms with Crippen LogP contribution in [0.15, 0.2) is 0 Å². The maximum Gasteiger partial charge on any atom is 0.320 e. The number of hydrogen-bond donors (Lipinski definition) is 0. The van der Waals surface area contributed by atoms with Gasteiger partial charge in [-0.1, -0.05) is 15.9 Å². The van der Waals surface area contributed by atoms with E-state index in [1.54, 1.807) is 0 Å². The Morgan fingerprint density at radius 3 is 3.07 bits per heavy atom. The molecule has 82 valence electrons. The molecule has 0 N–H and O–H groups in total. The van der Waals surface area contributed by atoms with Crippen LogP contribution in [-0.2, 0) is 9.53 Å². The van der Waals surface area contributed by atoms with Gasteiger partial charge in [0.2, 0.25) is 0 Å². The Labute approximate surface area is 97.7 Å². The number of methoxy groups -OCH3 is 1. The molecule has 0 aromatic carbocycles. The molecule has 1 unspecified atom stereocenters. The zero-order valence-electron chi connectivity index (χ0n) is 8.37. The van der Waals surface area contributed by atoms with Crippen LogP contribution in [0.2, 0.25) is 0 Å². The molecule has 5 heteroatoms.